The van der Waals surface area contributed by atoms with Gasteiger partial charge in [-0.05, 0) is 55.0 Å². The number of benzene rings is 2. The number of carbonyl (C=O) groups excluding carboxylic acids is 1. The summed E-state index contributed by atoms with van der Waals surface area (Å²) in [6, 6.07) is 8.43. The van der Waals surface area contributed by atoms with Gasteiger partial charge in [0.1, 0.15) is 5.75 Å². The van der Waals surface area contributed by atoms with Gasteiger partial charge in [0.25, 0.3) is 5.91 Å². The lowest BCUT2D eigenvalue weighted by Crippen LogP contribution is -2.34. The molecule has 8 heteroatoms. The number of halogens is 3. The summed E-state index contributed by atoms with van der Waals surface area (Å²) in [7, 11) is 1.51. The minimum Gasteiger partial charge on any atom is -0.496 e. The third kappa shape index (κ3) is 4.83. The topological polar surface area (TPSA) is 50.4 Å². The Labute approximate surface area is 163 Å². The third-order valence-electron chi connectivity index (χ3n) is 3.04. The molecule has 126 valence electrons. The first-order valence-corrected chi connectivity index (χ1v) is 8.68. The molecule has 0 spiro atoms. The molecule has 2 N–H and O–H groups in total. The molecule has 4 nitrogen and oxygen atoms in total. The van der Waals surface area contributed by atoms with Crippen LogP contribution in [0.5, 0.6) is 5.75 Å². The number of rotatable bonds is 3. The van der Waals surface area contributed by atoms with Crippen molar-refractivity contribution in [1.29, 1.82) is 0 Å². The van der Waals surface area contributed by atoms with Gasteiger partial charge in [-0.3, -0.25) is 10.1 Å². The van der Waals surface area contributed by atoms with Crippen LogP contribution in [0.3, 0.4) is 0 Å². The lowest BCUT2D eigenvalue weighted by molar-refractivity contribution is 0.0974. The fourth-order valence-corrected chi connectivity index (χ4v) is 3.44. The molecule has 2 rings (SSSR count). The molecule has 0 aromatic heterocycles. The molecular weight excluding hydrogens is 435 g/mol. The van der Waals surface area contributed by atoms with Gasteiger partial charge in [-0.25, -0.2) is 0 Å². The van der Waals surface area contributed by atoms with Gasteiger partial charge in [-0.2, -0.15) is 0 Å². The van der Waals surface area contributed by atoms with Crippen LogP contribution in [-0.2, 0) is 0 Å². The Morgan fingerprint density at radius 1 is 1.17 bits per heavy atom. The summed E-state index contributed by atoms with van der Waals surface area (Å²) in [5, 5.41) is 6.52. The van der Waals surface area contributed by atoms with Crippen molar-refractivity contribution in [3.63, 3.8) is 0 Å². The number of amides is 1. The fraction of sp³-hybridized carbons (Fsp3) is 0.125. The molecule has 0 fully saturated rings. The van der Waals surface area contributed by atoms with Crippen LogP contribution >= 0.6 is 51.3 Å². The molecule has 24 heavy (non-hydrogen) atoms. The Balaban J connectivity index is 2.16. The van der Waals surface area contributed by atoms with Gasteiger partial charge in [0.15, 0.2) is 5.11 Å². The van der Waals surface area contributed by atoms with E-state index in [9.17, 15) is 4.79 Å². The number of ether oxygens (including phenoxy) is 1. The van der Waals surface area contributed by atoms with Crippen molar-refractivity contribution in [2.45, 2.75) is 6.92 Å². The molecule has 0 saturated carbocycles. The van der Waals surface area contributed by atoms with Gasteiger partial charge in [-0.15, -0.1) is 0 Å². The fourth-order valence-electron chi connectivity index (χ4n) is 2.13. The van der Waals surface area contributed by atoms with Crippen molar-refractivity contribution in [1.82, 2.24) is 5.32 Å². The SMILES string of the molecule is COc1c(C)cc(Br)cc1C(=O)NC(=S)Nc1cc(Cl)cc(Cl)c1. The first-order valence-electron chi connectivity index (χ1n) is 6.72. The van der Waals surface area contributed by atoms with Crippen LogP contribution in [-0.4, -0.2) is 18.1 Å². The van der Waals surface area contributed by atoms with Gasteiger partial charge in [-0.1, -0.05) is 39.1 Å². The lowest BCUT2D eigenvalue weighted by Gasteiger charge is -2.14. The van der Waals surface area contributed by atoms with Crippen molar-refractivity contribution in [3.8, 4) is 5.75 Å². The van der Waals surface area contributed by atoms with Crippen LogP contribution in [0.15, 0.2) is 34.8 Å². The largest absolute Gasteiger partial charge is 0.496 e. The molecular formula is C16H13BrCl2N2O2S. The van der Waals surface area contributed by atoms with Crippen LogP contribution in [0.2, 0.25) is 10.0 Å². The molecule has 0 aliphatic carbocycles. The highest BCUT2D eigenvalue weighted by molar-refractivity contribution is 9.10. The second-order valence-corrected chi connectivity index (χ2v) is 7.07. The minimum absolute atomic E-state index is 0.123. The quantitative estimate of drug-likeness (QED) is 0.635. The molecule has 0 bridgehead atoms. The summed E-state index contributed by atoms with van der Waals surface area (Å²) in [4.78, 5) is 12.5. The monoisotopic (exact) mass is 446 g/mol. The van der Waals surface area contributed by atoms with Crippen LogP contribution in [0.25, 0.3) is 0 Å². The van der Waals surface area contributed by atoms with Crippen LogP contribution in [0.1, 0.15) is 15.9 Å². The van der Waals surface area contributed by atoms with E-state index in [0.717, 1.165) is 10.0 Å². The van der Waals surface area contributed by atoms with E-state index in [1.165, 1.54) is 7.11 Å². The van der Waals surface area contributed by atoms with Crippen LogP contribution in [0, 0.1) is 6.92 Å². The van der Waals surface area contributed by atoms with Crippen molar-refractivity contribution in [3.05, 3.63) is 56.0 Å². The van der Waals surface area contributed by atoms with Gasteiger partial charge < -0.3 is 10.1 Å². The minimum atomic E-state index is -0.387. The Kier molecular flexibility index (Phi) is 6.46. The molecule has 1 amide bonds. The Morgan fingerprint density at radius 3 is 2.38 bits per heavy atom. The summed E-state index contributed by atoms with van der Waals surface area (Å²) in [5.74, 6) is 0.103. The summed E-state index contributed by atoms with van der Waals surface area (Å²) < 4.78 is 6.07. The van der Waals surface area contributed by atoms with E-state index >= 15 is 0 Å². The number of carbonyl (C=O) groups is 1. The number of aryl methyl sites for hydroxylation is 1. The Morgan fingerprint density at radius 2 is 1.79 bits per heavy atom. The molecule has 0 saturated heterocycles. The molecule has 0 unspecified atom stereocenters. The lowest BCUT2D eigenvalue weighted by atomic mass is 10.1. The summed E-state index contributed by atoms with van der Waals surface area (Å²) in [6.07, 6.45) is 0. The van der Waals surface area contributed by atoms with E-state index in [-0.39, 0.29) is 11.0 Å². The Bertz CT molecular complexity index is 795. The van der Waals surface area contributed by atoms with E-state index in [0.29, 0.717) is 27.0 Å². The highest BCUT2D eigenvalue weighted by Gasteiger charge is 2.16. The number of nitrogens with one attached hydrogen (secondary N) is 2. The first-order chi connectivity index (χ1) is 11.3. The Hall–Kier alpha value is -1.34. The summed E-state index contributed by atoms with van der Waals surface area (Å²) in [5.41, 5.74) is 1.78. The van der Waals surface area contributed by atoms with Crippen molar-refractivity contribution < 1.29 is 9.53 Å². The number of methoxy groups -OCH3 is 1. The zero-order valence-electron chi connectivity index (χ0n) is 12.7. The van der Waals surface area contributed by atoms with E-state index in [1.54, 1.807) is 24.3 Å². The van der Waals surface area contributed by atoms with Crippen LogP contribution in [0.4, 0.5) is 5.69 Å². The van der Waals surface area contributed by atoms with Crippen LogP contribution < -0.4 is 15.4 Å². The summed E-state index contributed by atoms with van der Waals surface area (Å²) in [6.45, 7) is 1.85. The van der Waals surface area contributed by atoms with E-state index in [2.05, 4.69) is 26.6 Å². The predicted octanol–water partition coefficient (Wildman–Crippen LogP) is 5.20. The molecule has 2 aromatic rings. The van der Waals surface area contributed by atoms with Crippen molar-refractivity contribution >= 4 is 68.1 Å². The van der Waals surface area contributed by atoms with E-state index in [4.69, 9.17) is 40.2 Å². The highest BCUT2D eigenvalue weighted by atomic mass is 79.9. The maximum Gasteiger partial charge on any atom is 0.261 e. The molecule has 0 radical (unpaired) electrons. The average Bonchev–Trinajstić information content (AvgIpc) is 2.44. The second-order valence-electron chi connectivity index (χ2n) is 4.87. The number of thiocarbonyl (C=S) groups is 1. The zero-order chi connectivity index (χ0) is 17.9. The maximum atomic E-state index is 12.5. The molecule has 0 aliphatic heterocycles. The van der Waals surface area contributed by atoms with Gasteiger partial charge in [0.2, 0.25) is 0 Å². The average molecular weight is 448 g/mol. The smallest absolute Gasteiger partial charge is 0.261 e. The van der Waals surface area contributed by atoms with Gasteiger partial charge in [0, 0.05) is 20.2 Å². The maximum absolute atomic E-state index is 12.5. The van der Waals surface area contributed by atoms with E-state index in [1.807, 2.05) is 13.0 Å². The second kappa shape index (κ2) is 8.16. The first kappa shape index (κ1) is 19.0. The van der Waals surface area contributed by atoms with Crippen molar-refractivity contribution in [2.75, 3.05) is 12.4 Å². The third-order valence-corrected chi connectivity index (χ3v) is 4.13. The van der Waals surface area contributed by atoms with Crippen molar-refractivity contribution in [2.24, 2.45) is 0 Å². The van der Waals surface area contributed by atoms with Gasteiger partial charge in [0.05, 0.1) is 12.7 Å². The number of hydrogen-bond acceptors (Lipinski definition) is 3. The number of hydrogen-bond donors (Lipinski definition) is 2. The molecule has 0 heterocycles. The molecule has 0 aliphatic rings. The van der Waals surface area contributed by atoms with E-state index < -0.39 is 0 Å². The number of anilines is 1. The molecule has 0 atom stereocenters. The van der Waals surface area contributed by atoms with Gasteiger partial charge >= 0.3 is 0 Å². The summed E-state index contributed by atoms with van der Waals surface area (Å²) >= 11 is 20.4. The highest BCUT2D eigenvalue weighted by Crippen LogP contribution is 2.28. The standard InChI is InChI=1S/C16H13BrCl2N2O2S/c1-8-3-9(17)4-13(14(8)23-2)15(22)21-16(24)20-12-6-10(18)5-11(19)7-12/h3-7H,1-2H3,(H2,20,21,22,24). The predicted molar refractivity (Wildman–Crippen MR) is 106 cm³/mol. The normalized spacial score (nSPS) is 10.2. The zero-order valence-corrected chi connectivity index (χ0v) is 16.7. The molecule has 2 aromatic carbocycles.